The van der Waals surface area contributed by atoms with E-state index in [1.165, 1.54) is 0 Å². The van der Waals surface area contributed by atoms with Gasteiger partial charge in [-0.3, -0.25) is 9.20 Å². The van der Waals surface area contributed by atoms with E-state index >= 15 is 0 Å². The van der Waals surface area contributed by atoms with Crippen molar-refractivity contribution in [3.05, 3.63) is 69.5 Å². The van der Waals surface area contributed by atoms with Gasteiger partial charge < -0.3 is 0 Å². The summed E-state index contributed by atoms with van der Waals surface area (Å²) < 4.78 is 1.73. The van der Waals surface area contributed by atoms with E-state index in [1.54, 1.807) is 10.5 Å². The fraction of sp³-hybridized carbons (Fsp3) is 0.0526. The Hall–Kier alpha value is -2.65. The quantitative estimate of drug-likeness (QED) is 0.419. The van der Waals surface area contributed by atoms with Crippen LogP contribution in [0, 0.1) is 6.92 Å². The first kappa shape index (κ1) is 12.9. The van der Waals surface area contributed by atoms with Crippen molar-refractivity contribution < 1.29 is 0 Å². The molecule has 0 bridgehead atoms. The van der Waals surface area contributed by atoms with Gasteiger partial charge in [0.05, 0.1) is 11.0 Å². The van der Waals surface area contributed by atoms with Crippen LogP contribution in [0.1, 0.15) is 5.56 Å². The summed E-state index contributed by atoms with van der Waals surface area (Å²) in [5, 5.41) is 4.07. The third kappa shape index (κ3) is 1.50. The van der Waals surface area contributed by atoms with Crippen LogP contribution in [0.25, 0.3) is 38.2 Å². The Kier molecular flexibility index (Phi) is 2.35. The third-order valence-corrected chi connectivity index (χ3v) is 4.87. The molecule has 0 spiro atoms. The Labute approximate surface area is 136 Å². The van der Waals surface area contributed by atoms with E-state index in [2.05, 4.69) is 0 Å². The van der Waals surface area contributed by atoms with Gasteiger partial charge in [0.2, 0.25) is 0 Å². The third-order valence-electron chi connectivity index (χ3n) is 4.54. The molecule has 3 aromatic carbocycles. The number of para-hydroxylation sites is 1. The molecule has 0 N–H and O–H groups in total. The molecule has 2 aromatic heterocycles. The first-order valence-corrected chi connectivity index (χ1v) is 7.79. The van der Waals surface area contributed by atoms with Gasteiger partial charge >= 0.3 is 0 Å². The van der Waals surface area contributed by atoms with Crippen LogP contribution in [0.3, 0.4) is 0 Å². The van der Waals surface area contributed by atoms with Crippen LogP contribution in [-0.4, -0.2) is 9.38 Å². The van der Waals surface area contributed by atoms with Gasteiger partial charge in [-0.15, -0.1) is 0 Å². The number of benzene rings is 3. The molecule has 110 valence electrons. The van der Waals surface area contributed by atoms with Gasteiger partial charge in [0.25, 0.3) is 5.56 Å². The van der Waals surface area contributed by atoms with Crippen molar-refractivity contribution >= 4 is 49.8 Å². The number of aryl methyl sites for hydroxylation is 1. The van der Waals surface area contributed by atoms with Gasteiger partial charge in [-0.2, -0.15) is 0 Å². The second-order valence-corrected chi connectivity index (χ2v) is 6.25. The summed E-state index contributed by atoms with van der Waals surface area (Å²) >= 11 is 6.32. The van der Waals surface area contributed by atoms with Gasteiger partial charge in [0, 0.05) is 26.6 Å². The first-order valence-electron chi connectivity index (χ1n) is 7.41. The van der Waals surface area contributed by atoms with E-state index in [-0.39, 0.29) is 5.56 Å². The van der Waals surface area contributed by atoms with Crippen LogP contribution in [0.5, 0.6) is 0 Å². The number of fused-ring (bicyclic) bond motifs is 4. The van der Waals surface area contributed by atoms with Crippen LogP contribution in [0.15, 0.2) is 53.3 Å². The van der Waals surface area contributed by atoms with Crippen LogP contribution in [-0.2, 0) is 0 Å². The number of pyridine rings is 1. The minimum absolute atomic E-state index is 0.0443. The molecule has 5 rings (SSSR count). The first-order chi connectivity index (χ1) is 11.2. The van der Waals surface area contributed by atoms with Gasteiger partial charge in [-0.05, 0) is 30.7 Å². The molecule has 0 aliphatic rings. The smallest absolute Gasteiger partial charge is 0.264 e. The SMILES string of the molecule is Cc1cccc2nc3c4cccc5c(Cl)ccc(c(=O)n3c12)c54. The largest absolute Gasteiger partial charge is 0.268 e. The maximum atomic E-state index is 13.1. The molecule has 0 fully saturated rings. The molecular formula is C19H11ClN2O. The standard InChI is InChI=1S/C19H11ClN2O/c1-10-4-2-7-15-17(10)22-18(21-15)12-6-3-5-11-14(20)9-8-13(16(11)12)19(22)23/h2-9H,1H3. The Morgan fingerprint density at radius 2 is 1.74 bits per heavy atom. The predicted molar refractivity (Wildman–Crippen MR) is 94.9 cm³/mol. The summed E-state index contributed by atoms with van der Waals surface area (Å²) in [5.74, 6) is 0. The monoisotopic (exact) mass is 318 g/mol. The summed E-state index contributed by atoms with van der Waals surface area (Å²) in [6, 6.07) is 15.4. The second kappa shape index (κ2) is 4.21. The fourth-order valence-corrected chi connectivity index (χ4v) is 3.75. The summed E-state index contributed by atoms with van der Waals surface area (Å²) in [7, 11) is 0. The van der Waals surface area contributed by atoms with Crippen molar-refractivity contribution in [2.45, 2.75) is 6.92 Å². The highest BCUT2D eigenvalue weighted by atomic mass is 35.5. The molecule has 4 heteroatoms. The Morgan fingerprint density at radius 1 is 0.957 bits per heavy atom. The molecule has 0 aliphatic carbocycles. The topological polar surface area (TPSA) is 34.4 Å². The zero-order valence-electron chi connectivity index (χ0n) is 12.3. The Morgan fingerprint density at radius 3 is 2.61 bits per heavy atom. The maximum absolute atomic E-state index is 13.1. The second-order valence-electron chi connectivity index (χ2n) is 5.84. The number of imidazole rings is 1. The number of hydrogen-bond acceptors (Lipinski definition) is 2. The molecule has 0 atom stereocenters. The number of hydrogen-bond donors (Lipinski definition) is 0. The van der Waals surface area contributed by atoms with Gasteiger partial charge in [0.15, 0.2) is 0 Å². The van der Waals surface area contributed by atoms with Crippen molar-refractivity contribution in [1.29, 1.82) is 0 Å². The van der Waals surface area contributed by atoms with Crippen LogP contribution in [0.2, 0.25) is 5.02 Å². The van der Waals surface area contributed by atoms with E-state index in [9.17, 15) is 4.79 Å². The van der Waals surface area contributed by atoms with Crippen molar-refractivity contribution in [3.63, 3.8) is 0 Å². The highest BCUT2D eigenvalue weighted by molar-refractivity contribution is 6.37. The fourth-order valence-electron chi connectivity index (χ4n) is 3.53. The van der Waals surface area contributed by atoms with E-state index in [0.29, 0.717) is 16.1 Å². The molecule has 0 saturated heterocycles. The van der Waals surface area contributed by atoms with Crippen LogP contribution in [0.4, 0.5) is 0 Å². The highest BCUT2D eigenvalue weighted by Crippen LogP contribution is 2.33. The number of aromatic nitrogens is 2. The Balaban J connectivity index is 2.25. The number of nitrogens with zero attached hydrogens (tertiary/aromatic N) is 2. The molecule has 0 amide bonds. The summed E-state index contributed by atoms with van der Waals surface area (Å²) in [4.78, 5) is 17.8. The minimum atomic E-state index is -0.0443. The zero-order valence-corrected chi connectivity index (χ0v) is 13.1. The van der Waals surface area contributed by atoms with Crippen molar-refractivity contribution in [1.82, 2.24) is 9.38 Å². The summed E-state index contributed by atoms with van der Waals surface area (Å²) in [6.07, 6.45) is 0. The maximum Gasteiger partial charge on any atom is 0.264 e. The van der Waals surface area contributed by atoms with E-state index < -0.39 is 0 Å². The molecule has 3 nitrogen and oxygen atoms in total. The number of halogens is 1. The zero-order chi connectivity index (χ0) is 15.7. The van der Waals surface area contributed by atoms with Crippen LogP contribution < -0.4 is 5.56 Å². The van der Waals surface area contributed by atoms with E-state index in [0.717, 1.165) is 32.8 Å². The molecule has 0 unspecified atom stereocenters. The van der Waals surface area contributed by atoms with Crippen molar-refractivity contribution in [2.24, 2.45) is 0 Å². The average Bonchev–Trinajstić information content (AvgIpc) is 2.95. The normalized spacial score (nSPS) is 12.1. The molecular weight excluding hydrogens is 308 g/mol. The number of rotatable bonds is 0. The summed E-state index contributed by atoms with van der Waals surface area (Å²) in [5.41, 5.74) is 3.41. The lowest BCUT2D eigenvalue weighted by molar-refractivity contribution is 1.18. The predicted octanol–water partition coefficient (Wildman–Crippen LogP) is 4.55. The van der Waals surface area contributed by atoms with E-state index in [4.69, 9.17) is 16.6 Å². The lowest BCUT2D eigenvalue weighted by atomic mass is 10.0. The van der Waals surface area contributed by atoms with Crippen molar-refractivity contribution in [3.8, 4) is 0 Å². The molecule has 2 heterocycles. The van der Waals surface area contributed by atoms with E-state index in [1.807, 2.05) is 49.4 Å². The minimum Gasteiger partial charge on any atom is -0.268 e. The molecule has 5 aromatic rings. The average molecular weight is 319 g/mol. The van der Waals surface area contributed by atoms with Crippen molar-refractivity contribution in [2.75, 3.05) is 0 Å². The molecule has 0 radical (unpaired) electrons. The lowest BCUT2D eigenvalue weighted by Gasteiger charge is -2.08. The lowest BCUT2D eigenvalue weighted by Crippen LogP contribution is -2.13. The van der Waals surface area contributed by atoms with Gasteiger partial charge in [-0.1, -0.05) is 41.9 Å². The Bertz CT molecular complexity index is 1300. The molecule has 0 saturated carbocycles. The van der Waals surface area contributed by atoms with Gasteiger partial charge in [0.1, 0.15) is 5.65 Å². The summed E-state index contributed by atoms with van der Waals surface area (Å²) in [6.45, 7) is 2.00. The molecule has 0 aliphatic heterocycles. The molecule has 23 heavy (non-hydrogen) atoms. The van der Waals surface area contributed by atoms with Crippen LogP contribution >= 0.6 is 11.6 Å². The van der Waals surface area contributed by atoms with Gasteiger partial charge in [-0.25, -0.2) is 4.98 Å². The highest BCUT2D eigenvalue weighted by Gasteiger charge is 2.17.